The second-order valence-electron chi connectivity index (χ2n) is 3.84. The maximum absolute atomic E-state index is 11.4. The van der Waals surface area contributed by atoms with E-state index in [1.54, 1.807) is 18.2 Å². The number of nitrogens with zero attached hydrogens (tertiary/aromatic N) is 1. The Morgan fingerprint density at radius 1 is 1.10 bits per heavy atom. The van der Waals surface area contributed by atoms with Gasteiger partial charge in [0.05, 0.1) is 22.2 Å². The Morgan fingerprint density at radius 2 is 1.75 bits per heavy atom. The van der Waals surface area contributed by atoms with Crippen molar-refractivity contribution >= 4 is 46.6 Å². The van der Waals surface area contributed by atoms with Gasteiger partial charge in [-0.15, -0.1) is 0 Å². The average molecular weight is 332 g/mol. The van der Waals surface area contributed by atoms with Gasteiger partial charge in [-0.3, -0.25) is 0 Å². The predicted molar refractivity (Wildman–Crippen MR) is 80.5 cm³/mol. The molecular weight excluding hydrogens is 323 g/mol. The quantitative estimate of drug-likeness (QED) is 0.665. The van der Waals surface area contributed by atoms with E-state index in [2.05, 4.69) is 9.72 Å². The molecule has 0 aliphatic heterocycles. The van der Waals surface area contributed by atoms with Crippen LogP contribution in [0.3, 0.4) is 0 Å². The van der Waals surface area contributed by atoms with E-state index >= 15 is 0 Å². The number of carbonyl (C=O) groups excluding carboxylic acids is 1. The Kier molecular flexibility index (Phi) is 4.38. The fourth-order valence-corrected chi connectivity index (χ4v) is 2.29. The molecule has 0 saturated carbocycles. The molecule has 0 fully saturated rings. The predicted octanol–water partition coefficient (Wildman–Crippen LogP) is 4.08. The maximum atomic E-state index is 11.4. The maximum Gasteiger partial charge on any atom is 0.356 e. The van der Waals surface area contributed by atoms with Crippen LogP contribution in [0.15, 0.2) is 24.3 Å². The van der Waals surface area contributed by atoms with Crippen molar-refractivity contribution in [3.63, 3.8) is 0 Å². The van der Waals surface area contributed by atoms with Crippen molar-refractivity contribution in [2.24, 2.45) is 0 Å². The number of aromatic nitrogens is 1. The topological polar surface area (TPSA) is 65.2 Å². The first-order valence-corrected chi connectivity index (χ1v) is 6.57. The summed E-state index contributed by atoms with van der Waals surface area (Å²) in [6.45, 7) is 0. The van der Waals surface area contributed by atoms with Crippen molar-refractivity contribution in [2.45, 2.75) is 0 Å². The Hall–Kier alpha value is -1.49. The first kappa shape index (κ1) is 14.9. The van der Waals surface area contributed by atoms with Gasteiger partial charge in [0.25, 0.3) is 0 Å². The van der Waals surface area contributed by atoms with Gasteiger partial charge in [0.15, 0.2) is 5.69 Å². The molecule has 0 aliphatic carbocycles. The van der Waals surface area contributed by atoms with Crippen molar-refractivity contribution in [2.75, 3.05) is 12.8 Å². The fourth-order valence-electron chi connectivity index (χ4n) is 1.65. The summed E-state index contributed by atoms with van der Waals surface area (Å²) in [7, 11) is 1.27. The van der Waals surface area contributed by atoms with E-state index in [-0.39, 0.29) is 21.6 Å². The highest BCUT2D eigenvalue weighted by molar-refractivity contribution is 6.49. The van der Waals surface area contributed by atoms with Crippen LogP contribution in [0.1, 0.15) is 10.5 Å². The third-order valence-corrected chi connectivity index (χ3v) is 3.94. The van der Waals surface area contributed by atoms with Crippen LogP contribution in [0.5, 0.6) is 0 Å². The Balaban J connectivity index is 2.55. The van der Waals surface area contributed by atoms with Crippen molar-refractivity contribution < 1.29 is 9.53 Å². The lowest BCUT2D eigenvalue weighted by Crippen LogP contribution is -2.06. The standard InChI is InChI=1S/C13H9Cl3N2O2/c1-20-13(19)9-5-3-7(12(17)18-9)6-2-4-8(14)11(16)10(6)15/h2-5H,1H3,(H2,17,18). The Labute approximate surface area is 130 Å². The summed E-state index contributed by atoms with van der Waals surface area (Å²) < 4.78 is 4.57. The monoisotopic (exact) mass is 330 g/mol. The van der Waals surface area contributed by atoms with Crippen LogP contribution in [0.4, 0.5) is 5.82 Å². The molecule has 20 heavy (non-hydrogen) atoms. The Bertz CT molecular complexity index is 690. The van der Waals surface area contributed by atoms with Crippen LogP contribution in [-0.4, -0.2) is 18.1 Å². The van der Waals surface area contributed by atoms with E-state index in [4.69, 9.17) is 40.5 Å². The molecule has 2 rings (SSSR count). The van der Waals surface area contributed by atoms with Gasteiger partial charge in [0, 0.05) is 11.1 Å². The molecule has 2 aromatic rings. The van der Waals surface area contributed by atoms with Gasteiger partial charge >= 0.3 is 5.97 Å². The number of hydrogen-bond donors (Lipinski definition) is 1. The number of anilines is 1. The molecule has 4 nitrogen and oxygen atoms in total. The minimum atomic E-state index is -0.566. The Morgan fingerprint density at radius 3 is 2.35 bits per heavy atom. The number of benzene rings is 1. The van der Waals surface area contributed by atoms with E-state index in [0.29, 0.717) is 16.1 Å². The number of pyridine rings is 1. The molecule has 1 aromatic heterocycles. The van der Waals surface area contributed by atoms with Gasteiger partial charge in [-0.05, 0) is 18.2 Å². The van der Waals surface area contributed by atoms with Crippen LogP contribution >= 0.6 is 34.8 Å². The number of ether oxygens (including phenoxy) is 1. The van der Waals surface area contributed by atoms with Crippen LogP contribution in [-0.2, 0) is 4.74 Å². The van der Waals surface area contributed by atoms with Gasteiger partial charge in [-0.25, -0.2) is 9.78 Å². The SMILES string of the molecule is COC(=O)c1ccc(-c2ccc(Cl)c(Cl)c2Cl)c(N)n1. The van der Waals surface area contributed by atoms with Crippen LogP contribution in [0.25, 0.3) is 11.1 Å². The number of carbonyl (C=O) groups is 1. The fraction of sp³-hybridized carbons (Fsp3) is 0.0769. The highest BCUT2D eigenvalue weighted by Gasteiger charge is 2.15. The molecule has 0 amide bonds. The molecule has 0 atom stereocenters. The van der Waals surface area contributed by atoms with Crippen molar-refractivity contribution in [1.82, 2.24) is 4.98 Å². The molecule has 0 unspecified atom stereocenters. The molecule has 0 radical (unpaired) electrons. The number of nitrogen functional groups attached to an aromatic ring is 1. The molecule has 0 aliphatic rings. The van der Waals surface area contributed by atoms with E-state index < -0.39 is 5.97 Å². The zero-order valence-corrected chi connectivity index (χ0v) is 12.6. The molecule has 1 aromatic carbocycles. The molecule has 0 bridgehead atoms. The normalized spacial score (nSPS) is 10.4. The zero-order valence-electron chi connectivity index (χ0n) is 10.3. The van der Waals surface area contributed by atoms with Crippen LogP contribution < -0.4 is 5.73 Å². The first-order valence-electron chi connectivity index (χ1n) is 5.44. The van der Waals surface area contributed by atoms with Gasteiger partial charge < -0.3 is 10.5 Å². The number of esters is 1. The van der Waals surface area contributed by atoms with Crippen molar-refractivity contribution in [1.29, 1.82) is 0 Å². The summed E-state index contributed by atoms with van der Waals surface area (Å²) >= 11 is 18.0. The number of halogens is 3. The van der Waals surface area contributed by atoms with Gasteiger partial charge in [-0.1, -0.05) is 40.9 Å². The van der Waals surface area contributed by atoms with E-state index in [9.17, 15) is 4.79 Å². The largest absolute Gasteiger partial charge is 0.464 e. The zero-order chi connectivity index (χ0) is 14.9. The summed E-state index contributed by atoms with van der Waals surface area (Å²) in [5.41, 5.74) is 7.11. The minimum absolute atomic E-state index is 0.116. The molecule has 104 valence electrons. The van der Waals surface area contributed by atoms with E-state index in [1.165, 1.54) is 13.2 Å². The third-order valence-electron chi connectivity index (χ3n) is 2.64. The van der Waals surface area contributed by atoms with Crippen LogP contribution in [0.2, 0.25) is 15.1 Å². The number of rotatable bonds is 2. The minimum Gasteiger partial charge on any atom is -0.464 e. The average Bonchev–Trinajstić information content (AvgIpc) is 2.45. The lowest BCUT2D eigenvalue weighted by molar-refractivity contribution is 0.0594. The molecular formula is C13H9Cl3N2O2. The summed E-state index contributed by atoms with van der Waals surface area (Å²) in [5.74, 6) is -0.420. The van der Waals surface area contributed by atoms with E-state index in [0.717, 1.165) is 0 Å². The lowest BCUT2D eigenvalue weighted by Gasteiger charge is -2.10. The molecule has 1 heterocycles. The number of nitrogens with two attached hydrogens (primary N) is 1. The van der Waals surface area contributed by atoms with E-state index in [1.807, 2.05) is 0 Å². The first-order chi connectivity index (χ1) is 9.45. The van der Waals surface area contributed by atoms with Crippen LogP contribution in [0, 0.1) is 0 Å². The molecule has 0 spiro atoms. The van der Waals surface area contributed by atoms with Gasteiger partial charge in [0.2, 0.25) is 0 Å². The van der Waals surface area contributed by atoms with Gasteiger partial charge in [-0.2, -0.15) is 0 Å². The highest BCUT2D eigenvalue weighted by Crippen LogP contribution is 2.39. The highest BCUT2D eigenvalue weighted by atomic mass is 35.5. The van der Waals surface area contributed by atoms with Gasteiger partial charge in [0.1, 0.15) is 5.82 Å². The molecule has 0 saturated heterocycles. The second kappa shape index (κ2) is 5.87. The summed E-state index contributed by atoms with van der Waals surface area (Å²) in [6.07, 6.45) is 0. The third kappa shape index (κ3) is 2.68. The summed E-state index contributed by atoms with van der Waals surface area (Å²) in [5, 5.41) is 0.860. The number of hydrogen-bond acceptors (Lipinski definition) is 4. The van der Waals surface area contributed by atoms with Crippen molar-refractivity contribution in [3.8, 4) is 11.1 Å². The lowest BCUT2D eigenvalue weighted by atomic mass is 10.1. The summed E-state index contributed by atoms with van der Waals surface area (Å²) in [6, 6.07) is 6.41. The second-order valence-corrected chi connectivity index (χ2v) is 5.01. The molecule has 2 N–H and O–H groups in total. The van der Waals surface area contributed by atoms with Crippen molar-refractivity contribution in [3.05, 3.63) is 45.0 Å². The molecule has 7 heteroatoms. The smallest absolute Gasteiger partial charge is 0.356 e. The summed E-state index contributed by atoms with van der Waals surface area (Å²) in [4.78, 5) is 15.4. The number of methoxy groups -OCH3 is 1.